The lowest BCUT2D eigenvalue weighted by molar-refractivity contribution is -0.152. The first-order valence-corrected chi connectivity index (χ1v) is 11.2. The van der Waals surface area contributed by atoms with E-state index in [0.717, 1.165) is 6.07 Å². The predicted octanol–water partition coefficient (Wildman–Crippen LogP) is 5.76. The van der Waals surface area contributed by atoms with Gasteiger partial charge in [0.15, 0.2) is 11.4 Å². The number of ether oxygens (including phenoxy) is 2. The fourth-order valence-corrected chi connectivity index (χ4v) is 4.06. The Kier molecular flexibility index (Phi) is 6.54. The van der Waals surface area contributed by atoms with Crippen molar-refractivity contribution in [1.29, 1.82) is 0 Å². The zero-order valence-electron chi connectivity index (χ0n) is 20.3. The van der Waals surface area contributed by atoms with Crippen LogP contribution in [-0.4, -0.2) is 34.1 Å². The van der Waals surface area contributed by atoms with E-state index in [0.29, 0.717) is 33.5 Å². The van der Waals surface area contributed by atoms with E-state index in [1.54, 1.807) is 54.0 Å². The second kappa shape index (κ2) is 9.45. The molecule has 6 nitrogen and oxygen atoms in total. The predicted molar refractivity (Wildman–Crippen MR) is 131 cm³/mol. The van der Waals surface area contributed by atoms with Gasteiger partial charge in [0.25, 0.3) is 0 Å². The summed E-state index contributed by atoms with van der Waals surface area (Å²) in [6, 6.07) is 15.0. The molecular weight excluding hydrogens is 468 g/mol. The molecule has 0 bridgehead atoms. The molecule has 0 unspecified atom stereocenters. The lowest BCUT2D eigenvalue weighted by atomic mass is 10.0. The topological polar surface area (TPSA) is 77.8 Å². The number of carbonyl (C=O) groups excluding carboxylic acids is 1. The molecular formula is C28H25F2NO5. The highest BCUT2D eigenvalue weighted by molar-refractivity contribution is 6.17. The summed E-state index contributed by atoms with van der Waals surface area (Å²) in [5.74, 6) is -1.89. The highest BCUT2D eigenvalue weighted by atomic mass is 19.1. The second-order valence-corrected chi connectivity index (χ2v) is 8.94. The number of fused-ring (bicyclic) bond motifs is 1. The Balaban J connectivity index is 1.88. The maximum atomic E-state index is 14.5. The zero-order chi connectivity index (χ0) is 26.2. The Bertz CT molecular complexity index is 1470. The van der Waals surface area contributed by atoms with Crippen molar-refractivity contribution in [2.45, 2.75) is 32.9 Å². The Morgan fingerprint density at radius 3 is 2.25 bits per heavy atom. The van der Waals surface area contributed by atoms with Gasteiger partial charge in [-0.3, -0.25) is 4.79 Å². The summed E-state index contributed by atoms with van der Waals surface area (Å²) in [6.07, 6.45) is 0. The van der Waals surface area contributed by atoms with Crippen molar-refractivity contribution < 1.29 is 33.0 Å². The van der Waals surface area contributed by atoms with Gasteiger partial charge in [-0.2, -0.15) is 0 Å². The van der Waals surface area contributed by atoms with Crippen LogP contribution in [0.1, 0.15) is 41.0 Å². The smallest absolute Gasteiger partial charge is 0.347 e. The standard InChI is InChI=1S/C28H25F2NO5/c1-16-25(26(32)17-6-9-20(35-4)10-7-17)22-12-11-21(36-28(2,3)27(33)34)14-24(22)31(16)15-18-5-8-19(29)13-23(18)30/h5-14H,15H2,1-4H3,(H,33,34). The number of halogens is 2. The van der Waals surface area contributed by atoms with E-state index >= 15 is 0 Å². The Hall–Kier alpha value is -4.20. The molecule has 0 spiro atoms. The van der Waals surface area contributed by atoms with Crippen molar-refractivity contribution in [2.24, 2.45) is 0 Å². The van der Waals surface area contributed by atoms with Crippen molar-refractivity contribution in [3.05, 3.63) is 94.7 Å². The molecule has 3 aromatic carbocycles. The molecule has 4 rings (SSSR count). The molecule has 0 radical (unpaired) electrons. The van der Waals surface area contributed by atoms with Crippen LogP contribution in [0.25, 0.3) is 10.9 Å². The van der Waals surface area contributed by atoms with Gasteiger partial charge in [0.2, 0.25) is 0 Å². The molecule has 0 amide bonds. The second-order valence-electron chi connectivity index (χ2n) is 8.94. The highest BCUT2D eigenvalue weighted by Gasteiger charge is 2.30. The van der Waals surface area contributed by atoms with Gasteiger partial charge in [0, 0.05) is 34.3 Å². The summed E-state index contributed by atoms with van der Waals surface area (Å²) < 4.78 is 40.6. The first kappa shape index (κ1) is 24.9. The van der Waals surface area contributed by atoms with Crippen LogP contribution in [0.5, 0.6) is 11.5 Å². The van der Waals surface area contributed by atoms with Crippen LogP contribution >= 0.6 is 0 Å². The number of aliphatic carboxylic acids is 1. The Morgan fingerprint density at radius 1 is 0.972 bits per heavy atom. The molecule has 0 atom stereocenters. The maximum Gasteiger partial charge on any atom is 0.347 e. The molecule has 0 fully saturated rings. The molecule has 1 aromatic heterocycles. The van der Waals surface area contributed by atoms with Crippen molar-refractivity contribution in [1.82, 2.24) is 4.57 Å². The summed E-state index contributed by atoms with van der Waals surface area (Å²) in [5.41, 5.74) is 0.721. The molecule has 4 aromatic rings. The number of ketones is 1. The minimum atomic E-state index is -1.50. The van der Waals surface area contributed by atoms with Gasteiger partial charge in [-0.15, -0.1) is 0 Å². The third kappa shape index (κ3) is 4.66. The summed E-state index contributed by atoms with van der Waals surface area (Å²) in [4.78, 5) is 25.1. The van der Waals surface area contributed by atoms with Crippen molar-refractivity contribution in [3.8, 4) is 11.5 Å². The number of hydrogen-bond acceptors (Lipinski definition) is 4. The van der Waals surface area contributed by atoms with Crippen LogP contribution in [0.2, 0.25) is 0 Å². The number of carbonyl (C=O) groups is 2. The molecule has 0 aliphatic rings. The molecule has 8 heteroatoms. The zero-order valence-corrected chi connectivity index (χ0v) is 20.3. The maximum absolute atomic E-state index is 14.5. The van der Waals surface area contributed by atoms with Gasteiger partial charge < -0.3 is 19.1 Å². The van der Waals surface area contributed by atoms with E-state index < -0.39 is 23.2 Å². The van der Waals surface area contributed by atoms with Gasteiger partial charge >= 0.3 is 5.97 Å². The molecule has 0 saturated heterocycles. The molecule has 36 heavy (non-hydrogen) atoms. The molecule has 1 N–H and O–H groups in total. The summed E-state index contributed by atoms with van der Waals surface area (Å²) in [7, 11) is 1.54. The average Bonchev–Trinajstić information content (AvgIpc) is 3.10. The number of benzene rings is 3. The Morgan fingerprint density at radius 2 is 1.64 bits per heavy atom. The van der Waals surface area contributed by atoms with Gasteiger partial charge in [0.1, 0.15) is 23.1 Å². The first-order valence-electron chi connectivity index (χ1n) is 11.2. The molecule has 0 aliphatic carbocycles. The molecule has 186 valence electrons. The third-order valence-corrected chi connectivity index (χ3v) is 6.11. The fraction of sp³-hybridized carbons (Fsp3) is 0.214. The molecule has 1 heterocycles. The van der Waals surface area contributed by atoms with Gasteiger partial charge in [-0.25, -0.2) is 13.6 Å². The minimum absolute atomic E-state index is 0.0239. The van der Waals surface area contributed by atoms with Crippen LogP contribution < -0.4 is 9.47 Å². The van der Waals surface area contributed by atoms with E-state index in [1.807, 2.05) is 0 Å². The lowest BCUT2D eigenvalue weighted by Crippen LogP contribution is -2.37. The van der Waals surface area contributed by atoms with Crippen molar-refractivity contribution >= 4 is 22.7 Å². The van der Waals surface area contributed by atoms with E-state index in [4.69, 9.17) is 9.47 Å². The monoisotopic (exact) mass is 493 g/mol. The number of carboxylic acids is 1. The van der Waals surface area contributed by atoms with Gasteiger partial charge in [0.05, 0.1) is 24.7 Å². The van der Waals surface area contributed by atoms with Crippen LogP contribution in [0, 0.1) is 18.6 Å². The van der Waals surface area contributed by atoms with Gasteiger partial charge in [-0.1, -0.05) is 6.07 Å². The normalized spacial score (nSPS) is 11.5. The lowest BCUT2D eigenvalue weighted by Gasteiger charge is -2.21. The molecule has 0 saturated carbocycles. The van der Waals surface area contributed by atoms with Crippen molar-refractivity contribution in [3.63, 3.8) is 0 Å². The van der Waals surface area contributed by atoms with E-state index in [1.165, 1.54) is 33.1 Å². The van der Waals surface area contributed by atoms with Gasteiger partial charge in [-0.05, 0) is 63.2 Å². The van der Waals surface area contributed by atoms with Crippen LogP contribution in [0.3, 0.4) is 0 Å². The minimum Gasteiger partial charge on any atom is -0.497 e. The van der Waals surface area contributed by atoms with E-state index in [2.05, 4.69) is 0 Å². The number of rotatable bonds is 8. The quantitative estimate of drug-likeness (QED) is 0.316. The van der Waals surface area contributed by atoms with Crippen LogP contribution in [0.4, 0.5) is 8.78 Å². The highest BCUT2D eigenvalue weighted by Crippen LogP contribution is 2.33. The average molecular weight is 494 g/mol. The fourth-order valence-electron chi connectivity index (χ4n) is 4.06. The number of methoxy groups -OCH3 is 1. The SMILES string of the molecule is COc1ccc(C(=O)c2c(C)n(Cc3ccc(F)cc3F)c3cc(OC(C)(C)C(=O)O)ccc23)cc1. The number of carboxylic acid groups (broad SMARTS) is 1. The third-order valence-electron chi connectivity index (χ3n) is 6.11. The Labute approximate surface area is 206 Å². The van der Waals surface area contributed by atoms with Crippen molar-refractivity contribution in [2.75, 3.05) is 7.11 Å². The molecule has 0 aliphatic heterocycles. The van der Waals surface area contributed by atoms with Crippen LogP contribution in [-0.2, 0) is 11.3 Å². The van der Waals surface area contributed by atoms with Crippen LogP contribution in [0.15, 0.2) is 60.7 Å². The van der Waals surface area contributed by atoms with E-state index in [9.17, 15) is 23.5 Å². The number of aromatic nitrogens is 1. The largest absolute Gasteiger partial charge is 0.497 e. The summed E-state index contributed by atoms with van der Waals surface area (Å²) in [5, 5.41) is 10.0. The number of hydrogen-bond donors (Lipinski definition) is 1. The summed E-state index contributed by atoms with van der Waals surface area (Å²) >= 11 is 0. The first-order chi connectivity index (χ1) is 17.0. The number of nitrogens with zero attached hydrogens (tertiary/aromatic N) is 1. The van der Waals surface area contributed by atoms with E-state index in [-0.39, 0.29) is 23.6 Å². The summed E-state index contributed by atoms with van der Waals surface area (Å²) in [6.45, 7) is 4.63.